The molecule has 0 aliphatic heterocycles. The van der Waals surface area contributed by atoms with Gasteiger partial charge in [-0.2, -0.15) is 0 Å². The largest absolute Gasteiger partial charge is 0.497 e. The van der Waals surface area contributed by atoms with Gasteiger partial charge >= 0.3 is 0 Å². The third-order valence-electron chi connectivity index (χ3n) is 4.24. The van der Waals surface area contributed by atoms with Gasteiger partial charge in [0.1, 0.15) is 11.6 Å². The number of para-hydroxylation sites is 1. The molecule has 0 fully saturated rings. The Kier molecular flexibility index (Phi) is 10.1. The Morgan fingerprint density at radius 2 is 1.72 bits per heavy atom. The summed E-state index contributed by atoms with van der Waals surface area (Å²) in [5.41, 5.74) is 2.02. The van der Waals surface area contributed by atoms with Crippen molar-refractivity contribution in [3.63, 3.8) is 0 Å². The molecule has 6 nitrogen and oxygen atoms in total. The highest BCUT2D eigenvalue weighted by atomic mass is 35.5. The number of rotatable bonds is 8. The molecule has 156 valence electrons. The summed E-state index contributed by atoms with van der Waals surface area (Å²) in [6.07, 6.45) is 5.01. The minimum Gasteiger partial charge on any atom is -0.497 e. The van der Waals surface area contributed by atoms with E-state index in [-0.39, 0.29) is 17.9 Å². The summed E-state index contributed by atoms with van der Waals surface area (Å²) < 4.78 is 5.20. The summed E-state index contributed by atoms with van der Waals surface area (Å²) in [4.78, 5) is 11.6. The molecular formula is C22H29ClN4O2. The van der Waals surface area contributed by atoms with Crippen LogP contribution in [0, 0.1) is 0 Å². The fraction of sp³-hybridized carbons (Fsp3) is 0.273. The van der Waals surface area contributed by atoms with Crippen LogP contribution in [0.5, 0.6) is 5.75 Å². The molecule has 2 aromatic carbocycles. The third-order valence-corrected chi connectivity index (χ3v) is 4.24. The lowest BCUT2D eigenvalue weighted by Crippen LogP contribution is -2.16. The topological polar surface area (TPSA) is 81.8 Å². The Morgan fingerprint density at radius 1 is 1.00 bits per heavy atom. The lowest BCUT2D eigenvalue weighted by atomic mass is 10.2. The van der Waals surface area contributed by atoms with E-state index >= 15 is 0 Å². The van der Waals surface area contributed by atoms with Crippen molar-refractivity contribution in [1.29, 1.82) is 0 Å². The van der Waals surface area contributed by atoms with Crippen LogP contribution in [-0.4, -0.2) is 54.6 Å². The predicted octanol–water partition coefficient (Wildman–Crippen LogP) is 3.77. The fourth-order valence-corrected chi connectivity index (χ4v) is 2.79. The maximum absolute atomic E-state index is 5.20. The van der Waals surface area contributed by atoms with Crippen LogP contribution in [0.3, 0.4) is 0 Å². The van der Waals surface area contributed by atoms with Crippen molar-refractivity contribution in [2.45, 2.75) is 6.42 Å². The zero-order valence-corrected chi connectivity index (χ0v) is 17.9. The van der Waals surface area contributed by atoms with Gasteiger partial charge in [0.05, 0.1) is 12.6 Å². The number of anilines is 1. The molecule has 0 aliphatic carbocycles. The van der Waals surface area contributed by atoms with Crippen molar-refractivity contribution in [2.24, 2.45) is 0 Å². The van der Waals surface area contributed by atoms with E-state index in [4.69, 9.17) is 9.72 Å². The summed E-state index contributed by atoms with van der Waals surface area (Å²) >= 11 is 0. The zero-order valence-electron chi connectivity index (χ0n) is 17.1. The van der Waals surface area contributed by atoms with Gasteiger partial charge in [-0.25, -0.2) is 9.97 Å². The van der Waals surface area contributed by atoms with E-state index in [1.54, 1.807) is 7.11 Å². The quantitative estimate of drug-likeness (QED) is 0.565. The lowest BCUT2D eigenvalue weighted by Gasteiger charge is -2.12. The molecule has 0 bridgehead atoms. The van der Waals surface area contributed by atoms with E-state index in [0.29, 0.717) is 5.82 Å². The fourth-order valence-electron chi connectivity index (χ4n) is 2.79. The maximum Gasteiger partial charge on any atom is 0.154 e. The smallest absolute Gasteiger partial charge is 0.154 e. The van der Waals surface area contributed by atoms with Crippen molar-refractivity contribution in [3.8, 4) is 5.75 Å². The zero-order chi connectivity index (χ0) is 19.1. The Morgan fingerprint density at radius 3 is 2.41 bits per heavy atom. The van der Waals surface area contributed by atoms with Crippen LogP contribution >= 0.6 is 12.4 Å². The van der Waals surface area contributed by atoms with E-state index in [9.17, 15) is 0 Å². The van der Waals surface area contributed by atoms with Crippen LogP contribution in [-0.2, 0) is 0 Å². The van der Waals surface area contributed by atoms with Crippen molar-refractivity contribution < 1.29 is 10.2 Å². The number of halogens is 1. The second kappa shape index (κ2) is 12.0. The molecule has 29 heavy (non-hydrogen) atoms. The molecule has 0 spiro atoms. The van der Waals surface area contributed by atoms with E-state index in [1.165, 1.54) is 0 Å². The number of nitrogens with one attached hydrogen (secondary N) is 1. The normalized spacial score (nSPS) is 10.6. The van der Waals surface area contributed by atoms with Gasteiger partial charge in [-0.15, -0.1) is 12.4 Å². The molecule has 3 aromatic rings. The third kappa shape index (κ3) is 7.02. The molecule has 0 aliphatic rings. The van der Waals surface area contributed by atoms with E-state index in [0.717, 1.165) is 47.5 Å². The van der Waals surface area contributed by atoms with Crippen LogP contribution in [0.1, 0.15) is 17.8 Å². The molecule has 0 atom stereocenters. The van der Waals surface area contributed by atoms with Crippen molar-refractivity contribution in [3.05, 3.63) is 59.9 Å². The van der Waals surface area contributed by atoms with Crippen molar-refractivity contribution in [1.82, 2.24) is 14.9 Å². The second-order valence-electron chi connectivity index (χ2n) is 6.64. The van der Waals surface area contributed by atoms with E-state index in [2.05, 4.69) is 35.4 Å². The number of ether oxygens (including phenoxy) is 1. The van der Waals surface area contributed by atoms with Crippen LogP contribution in [0.2, 0.25) is 0 Å². The summed E-state index contributed by atoms with van der Waals surface area (Å²) in [5, 5.41) is 4.51. The first-order valence-electron chi connectivity index (χ1n) is 9.13. The summed E-state index contributed by atoms with van der Waals surface area (Å²) in [5.74, 6) is 2.42. The van der Waals surface area contributed by atoms with Crippen molar-refractivity contribution in [2.75, 3.05) is 39.6 Å². The first-order chi connectivity index (χ1) is 13.2. The molecule has 0 radical (unpaired) electrons. The SMILES string of the molecule is COc1ccc(/C=C/c2nc(NCCCN(C)C)c3ccccc3n2)cc1.Cl.O. The lowest BCUT2D eigenvalue weighted by molar-refractivity contribution is 0.405. The first-order valence-corrected chi connectivity index (χ1v) is 9.13. The number of fused-ring (bicyclic) bond motifs is 1. The predicted molar refractivity (Wildman–Crippen MR) is 124 cm³/mol. The number of hydrogen-bond acceptors (Lipinski definition) is 5. The van der Waals surface area contributed by atoms with E-state index in [1.807, 2.05) is 54.6 Å². The standard InChI is InChI=1S/C22H26N4O.ClH.H2O/c1-26(2)16-6-15-23-22-19-7-4-5-8-20(19)24-21(25-22)14-11-17-9-12-18(27-3)13-10-17;;/h4-5,7-14H,6,15-16H2,1-3H3,(H,23,24,25);1H;1H2/b14-11+;;. The van der Waals surface area contributed by atoms with Crippen LogP contribution in [0.4, 0.5) is 5.82 Å². The van der Waals surface area contributed by atoms with Crippen LogP contribution < -0.4 is 10.1 Å². The summed E-state index contributed by atoms with van der Waals surface area (Å²) in [6.45, 7) is 1.92. The Balaban J connectivity index is 0.00000210. The molecule has 3 rings (SSSR count). The highest BCUT2D eigenvalue weighted by Crippen LogP contribution is 2.21. The Hall–Kier alpha value is -2.67. The number of methoxy groups -OCH3 is 1. The molecule has 7 heteroatoms. The monoisotopic (exact) mass is 416 g/mol. The average molecular weight is 417 g/mol. The maximum atomic E-state index is 5.20. The number of aromatic nitrogens is 2. The van der Waals surface area contributed by atoms with Gasteiger partial charge in [0, 0.05) is 11.9 Å². The average Bonchev–Trinajstić information content (AvgIpc) is 2.69. The van der Waals surface area contributed by atoms with Gasteiger partial charge in [-0.05, 0) is 63.0 Å². The minimum atomic E-state index is 0. The van der Waals surface area contributed by atoms with Crippen LogP contribution in [0.25, 0.3) is 23.1 Å². The molecule has 0 amide bonds. The highest BCUT2D eigenvalue weighted by Gasteiger charge is 2.05. The van der Waals surface area contributed by atoms with Gasteiger partial charge in [-0.1, -0.05) is 30.3 Å². The molecule has 0 saturated carbocycles. The molecule has 1 aromatic heterocycles. The number of hydrogen-bond donors (Lipinski definition) is 1. The second-order valence-corrected chi connectivity index (χ2v) is 6.64. The first kappa shape index (κ1) is 24.4. The van der Waals surface area contributed by atoms with Gasteiger partial charge in [0.25, 0.3) is 0 Å². The molecule has 3 N–H and O–H groups in total. The molecule has 0 unspecified atom stereocenters. The van der Waals surface area contributed by atoms with Gasteiger partial charge in [0.2, 0.25) is 0 Å². The van der Waals surface area contributed by atoms with Gasteiger partial charge in [-0.3, -0.25) is 0 Å². The van der Waals surface area contributed by atoms with E-state index < -0.39 is 0 Å². The summed E-state index contributed by atoms with van der Waals surface area (Å²) in [7, 11) is 5.84. The minimum absolute atomic E-state index is 0. The van der Waals surface area contributed by atoms with Gasteiger partial charge in [0.15, 0.2) is 5.82 Å². The molecule has 1 heterocycles. The van der Waals surface area contributed by atoms with Crippen LogP contribution in [0.15, 0.2) is 48.5 Å². The molecular weight excluding hydrogens is 388 g/mol. The Bertz CT molecular complexity index is 914. The Labute approximate surface area is 178 Å². The van der Waals surface area contributed by atoms with Crippen molar-refractivity contribution >= 4 is 41.3 Å². The number of benzene rings is 2. The molecule has 0 saturated heterocycles. The highest BCUT2D eigenvalue weighted by molar-refractivity contribution is 5.90. The van der Waals surface area contributed by atoms with Gasteiger partial charge < -0.3 is 20.4 Å². The number of nitrogens with zero attached hydrogens (tertiary/aromatic N) is 3. The summed E-state index contributed by atoms with van der Waals surface area (Å²) in [6, 6.07) is 16.0.